The van der Waals surface area contributed by atoms with Crippen LogP contribution in [0, 0.1) is 11.8 Å². The minimum atomic E-state index is 0.0214. The molecule has 4 heteroatoms. The number of fused-ring (bicyclic) bond motifs is 1. The van der Waals surface area contributed by atoms with Crippen molar-refractivity contribution in [2.75, 3.05) is 11.4 Å². The molecule has 2 amide bonds. The summed E-state index contributed by atoms with van der Waals surface area (Å²) in [5.41, 5.74) is 2.24. The first kappa shape index (κ1) is 20.6. The molecule has 4 rings (SSSR count). The fraction of sp³-hybridized carbons (Fsp3) is 0.462. The van der Waals surface area contributed by atoms with E-state index in [1.807, 2.05) is 30.3 Å². The lowest BCUT2D eigenvalue weighted by molar-refractivity contribution is -0.131. The zero-order chi connectivity index (χ0) is 20.8. The summed E-state index contributed by atoms with van der Waals surface area (Å²) in [5, 5.41) is 3.35. The van der Waals surface area contributed by atoms with Crippen LogP contribution >= 0.6 is 0 Å². The van der Waals surface area contributed by atoms with E-state index >= 15 is 0 Å². The minimum Gasteiger partial charge on any atom is -0.353 e. The number of carbonyl (C=O) groups excluding carboxylic acids is 2. The molecule has 2 fully saturated rings. The molecule has 158 valence electrons. The van der Waals surface area contributed by atoms with Crippen molar-refractivity contribution in [2.45, 2.75) is 56.9 Å². The molecular formula is C26H32N2O2. The molecule has 2 aromatic carbocycles. The van der Waals surface area contributed by atoms with Crippen LogP contribution in [0.3, 0.4) is 0 Å². The molecule has 0 unspecified atom stereocenters. The Balaban J connectivity index is 1.42. The fourth-order valence-electron chi connectivity index (χ4n) is 5.49. The molecule has 1 N–H and O–H groups in total. The average Bonchev–Trinajstić information content (AvgIpc) is 2.80. The van der Waals surface area contributed by atoms with Gasteiger partial charge in [0.2, 0.25) is 12.3 Å². The van der Waals surface area contributed by atoms with Crippen LogP contribution in [0.5, 0.6) is 0 Å². The molecule has 1 aliphatic heterocycles. The highest BCUT2D eigenvalue weighted by molar-refractivity contribution is 5.81. The number of anilines is 1. The number of nitrogens with one attached hydrogen (secondary N) is 1. The van der Waals surface area contributed by atoms with E-state index in [4.69, 9.17) is 0 Å². The van der Waals surface area contributed by atoms with Crippen LogP contribution < -0.4 is 10.2 Å². The molecule has 2 aromatic rings. The normalized spacial score (nSPS) is 25.8. The molecule has 0 aromatic heterocycles. The molecular weight excluding hydrogens is 372 g/mol. The van der Waals surface area contributed by atoms with Crippen molar-refractivity contribution < 1.29 is 9.59 Å². The Bertz CT molecular complexity index is 823. The van der Waals surface area contributed by atoms with Gasteiger partial charge in [0.1, 0.15) is 0 Å². The van der Waals surface area contributed by atoms with E-state index in [0.29, 0.717) is 24.4 Å². The lowest BCUT2D eigenvalue weighted by Gasteiger charge is -2.46. The molecule has 4 atom stereocenters. The third kappa shape index (κ3) is 4.58. The van der Waals surface area contributed by atoms with Gasteiger partial charge in [-0.3, -0.25) is 9.59 Å². The standard InChI is InChI=1S/C26H32N2O2/c29-19-28(21-13-5-2-6-14-21)18-10-9-16-23-25(20-11-3-1-4-12-20)22-15-7-8-17-24(22)27-26(23)30/h1-6,11-14,19,22-25H,7-10,15-18H2,(H,27,30)/t22-,23+,24-,25-/m0/s1. The lowest BCUT2D eigenvalue weighted by atomic mass is 9.65. The molecule has 0 radical (unpaired) electrons. The number of unbranched alkanes of at least 4 members (excludes halogenated alkanes) is 1. The van der Waals surface area contributed by atoms with Gasteiger partial charge >= 0.3 is 0 Å². The number of nitrogens with zero attached hydrogens (tertiary/aromatic N) is 1. The second-order valence-electron chi connectivity index (χ2n) is 8.74. The number of rotatable bonds is 8. The van der Waals surface area contributed by atoms with Gasteiger partial charge in [0.05, 0.1) is 0 Å². The number of benzene rings is 2. The first-order chi connectivity index (χ1) is 14.8. The van der Waals surface area contributed by atoms with Crippen molar-refractivity contribution in [3.63, 3.8) is 0 Å². The van der Waals surface area contributed by atoms with E-state index < -0.39 is 0 Å². The van der Waals surface area contributed by atoms with Crippen molar-refractivity contribution in [1.29, 1.82) is 0 Å². The van der Waals surface area contributed by atoms with Crippen molar-refractivity contribution in [3.8, 4) is 0 Å². The number of para-hydroxylation sites is 1. The van der Waals surface area contributed by atoms with Crippen molar-refractivity contribution in [1.82, 2.24) is 5.32 Å². The van der Waals surface area contributed by atoms with Crippen LogP contribution in [0.25, 0.3) is 0 Å². The van der Waals surface area contributed by atoms with Crippen molar-refractivity contribution >= 4 is 18.0 Å². The van der Waals surface area contributed by atoms with Crippen molar-refractivity contribution in [2.24, 2.45) is 11.8 Å². The summed E-state index contributed by atoms with van der Waals surface area (Å²) in [6.45, 7) is 0.684. The smallest absolute Gasteiger partial charge is 0.223 e. The summed E-state index contributed by atoms with van der Waals surface area (Å²) in [7, 11) is 0. The predicted molar refractivity (Wildman–Crippen MR) is 120 cm³/mol. The Hall–Kier alpha value is -2.62. The lowest BCUT2D eigenvalue weighted by Crippen LogP contribution is -2.54. The molecule has 4 nitrogen and oxygen atoms in total. The Morgan fingerprint density at radius 1 is 0.933 bits per heavy atom. The van der Waals surface area contributed by atoms with Gasteiger partial charge in [0.25, 0.3) is 0 Å². The van der Waals surface area contributed by atoms with E-state index in [1.54, 1.807) is 4.90 Å². The molecule has 1 heterocycles. The van der Waals surface area contributed by atoms with Gasteiger partial charge in [-0.25, -0.2) is 0 Å². The monoisotopic (exact) mass is 404 g/mol. The van der Waals surface area contributed by atoms with Gasteiger partial charge in [-0.2, -0.15) is 0 Å². The minimum absolute atomic E-state index is 0.0214. The van der Waals surface area contributed by atoms with Crippen molar-refractivity contribution in [3.05, 3.63) is 66.2 Å². The van der Waals surface area contributed by atoms with Gasteiger partial charge in [-0.1, -0.05) is 67.8 Å². The number of piperidine rings is 1. The second kappa shape index (κ2) is 9.92. The maximum Gasteiger partial charge on any atom is 0.223 e. The van der Waals surface area contributed by atoms with Gasteiger partial charge in [0, 0.05) is 30.1 Å². The van der Waals surface area contributed by atoms with Gasteiger partial charge in [0.15, 0.2) is 0 Å². The highest BCUT2D eigenvalue weighted by Crippen LogP contribution is 2.45. The van der Waals surface area contributed by atoms with Crippen LogP contribution in [0.1, 0.15) is 56.4 Å². The first-order valence-electron chi connectivity index (χ1n) is 11.4. The van der Waals surface area contributed by atoms with Crippen LogP contribution in [-0.4, -0.2) is 24.9 Å². The van der Waals surface area contributed by atoms with E-state index in [2.05, 4.69) is 35.6 Å². The molecule has 1 saturated carbocycles. The zero-order valence-corrected chi connectivity index (χ0v) is 17.6. The zero-order valence-electron chi connectivity index (χ0n) is 17.6. The summed E-state index contributed by atoms with van der Waals surface area (Å²) < 4.78 is 0. The highest BCUT2D eigenvalue weighted by atomic mass is 16.2. The maximum absolute atomic E-state index is 13.1. The Morgan fingerprint density at radius 2 is 1.63 bits per heavy atom. The molecule has 2 aliphatic rings. The quantitative estimate of drug-likeness (QED) is 0.502. The molecule has 1 aliphatic carbocycles. The van der Waals surface area contributed by atoms with E-state index in [1.165, 1.54) is 24.8 Å². The maximum atomic E-state index is 13.1. The largest absolute Gasteiger partial charge is 0.353 e. The van der Waals surface area contributed by atoms with Crippen LogP contribution in [0.4, 0.5) is 5.69 Å². The van der Waals surface area contributed by atoms with Crippen LogP contribution in [0.15, 0.2) is 60.7 Å². The molecule has 1 saturated heterocycles. The SMILES string of the molecule is O=CN(CCCC[C@H]1C(=O)N[C@H]2CCCC[C@@H]2[C@@H]1c1ccccc1)c1ccccc1. The summed E-state index contributed by atoms with van der Waals surface area (Å²) in [6.07, 6.45) is 8.40. The second-order valence-corrected chi connectivity index (χ2v) is 8.74. The Morgan fingerprint density at radius 3 is 2.37 bits per heavy atom. The molecule has 0 spiro atoms. The molecule has 0 bridgehead atoms. The average molecular weight is 405 g/mol. The third-order valence-electron chi connectivity index (χ3n) is 6.94. The van der Waals surface area contributed by atoms with Gasteiger partial charge in [-0.15, -0.1) is 0 Å². The number of hydrogen-bond acceptors (Lipinski definition) is 2. The summed E-state index contributed by atoms with van der Waals surface area (Å²) >= 11 is 0. The van der Waals surface area contributed by atoms with E-state index in [9.17, 15) is 9.59 Å². The first-order valence-corrected chi connectivity index (χ1v) is 11.4. The highest BCUT2D eigenvalue weighted by Gasteiger charge is 2.44. The number of amides is 2. The van der Waals surface area contributed by atoms with Crippen LogP contribution in [-0.2, 0) is 9.59 Å². The summed E-state index contributed by atoms with van der Waals surface area (Å²) in [5.74, 6) is 1.09. The predicted octanol–water partition coefficient (Wildman–Crippen LogP) is 4.91. The fourth-order valence-corrected chi connectivity index (χ4v) is 5.49. The van der Waals surface area contributed by atoms with E-state index in [0.717, 1.165) is 37.8 Å². The summed E-state index contributed by atoms with van der Waals surface area (Å²) in [4.78, 5) is 26.3. The topological polar surface area (TPSA) is 49.4 Å². The third-order valence-corrected chi connectivity index (χ3v) is 6.94. The van der Waals surface area contributed by atoms with Gasteiger partial charge < -0.3 is 10.2 Å². The number of hydrogen-bond donors (Lipinski definition) is 1. The van der Waals surface area contributed by atoms with Gasteiger partial charge in [-0.05, 0) is 49.3 Å². The molecule has 30 heavy (non-hydrogen) atoms. The van der Waals surface area contributed by atoms with Crippen LogP contribution in [0.2, 0.25) is 0 Å². The van der Waals surface area contributed by atoms with E-state index in [-0.39, 0.29) is 11.8 Å². The Kier molecular flexibility index (Phi) is 6.83. The number of carbonyl (C=O) groups is 2. The summed E-state index contributed by atoms with van der Waals surface area (Å²) in [6, 6.07) is 20.7. The Labute approximate surface area is 179 Å².